The Morgan fingerprint density at radius 1 is 1.50 bits per heavy atom. The first kappa shape index (κ1) is 13.7. The summed E-state index contributed by atoms with van der Waals surface area (Å²) in [5.41, 5.74) is 0.578. The standard InChI is InChI=1S/C14H16N2O2S2/c1-10-15-11(9-20-10)14(17)16-5-4-13(19-8-6-16)12-3-2-7-18-12/h2-3,7,9,13H,4-6,8H2,1H3/t13-/m1/s1. The van der Waals surface area contributed by atoms with E-state index in [4.69, 9.17) is 4.42 Å². The molecule has 0 unspecified atom stereocenters. The van der Waals surface area contributed by atoms with Crippen molar-refractivity contribution in [2.75, 3.05) is 18.8 Å². The summed E-state index contributed by atoms with van der Waals surface area (Å²) in [6, 6.07) is 3.93. The Morgan fingerprint density at radius 2 is 2.40 bits per heavy atom. The first-order valence-electron chi connectivity index (χ1n) is 6.60. The molecule has 0 N–H and O–H groups in total. The van der Waals surface area contributed by atoms with E-state index in [0.717, 1.165) is 36.0 Å². The van der Waals surface area contributed by atoms with Crippen molar-refractivity contribution in [1.29, 1.82) is 0 Å². The summed E-state index contributed by atoms with van der Waals surface area (Å²) in [4.78, 5) is 18.6. The maximum absolute atomic E-state index is 12.4. The number of amides is 1. The van der Waals surface area contributed by atoms with E-state index < -0.39 is 0 Å². The van der Waals surface area contributed by atoms with Crippen LogP contribution < -0.4 is 0 Å². The van der Waals surface area contributed by atoms with Crippen molar-refractivity contribution in [2.24, 2.45) is 0 Å². The zero-order valence-corrected chi connectivity index (χ0v) is 12.9. The average molecular weight is 308 g/mol. The summed E-state index contributed by atoms with van der Waals surface area (Å²) in [5, 5.41) is 3.13. The van der Waals surface area contributed by atoms with Gasteiger partial charge in [0.1, 0.15) is 11.5 Å². The Hall–Kier alpha value is -1.27. The summed E-state index contributed by atoms with van der Waals surface area (Å²) >= 11 is 3.38. The number of thioether (sulfide) groups is 1. The second-order valence-electron chi connectivity index (χ2n) is 4.71. The first-order chi connectivity index (χ1) is 9.74. The molecule has 2 aromatic rings. The van der Waals surface area contributed by atoms with Crippen molar-refractivity contribution in [2.45, 2.75) is 18.6 Å². The third-order valence-electron chi connectivity index (χ3n) is 3.33. The SMILES string of the molecule is Cc1nc(C(=O)N2CCS[C@@H](c3ccco3)CC2)cs1. The first-order valence-corrected chi connectivity index (χ1v) is 8.53. The van der Waals surface area contributed by atoms with Crippen molar-refractivity contribution < 1.29 is 9.21 Å². The normalized spacial score (nSPS) is 19.9. The summed E-state index contributed by atoms with van der Waals surface area (Å²) in [6.45, 7) is 3.46. The Bertz CT molecular complexity index is 580. The zero-order chi connectivity index (χ0) is 13.9. The number of rotatable bonds is 2. The molecule has 1 aliphatic rings. The Balaban J connectivity index is 1.66. The van der Waals surface area contributed by atoms with Crippen LogP contribution in [0.4, 0.5) is 0 Å². The van der Waals surface area contributed by atoms with Gasteiger partial charge in [-0.3, -0.25) is 4.79 Å². The lowest BCUT2D eigenvalue weighted by Gasteiger charge is -2.18. The maximum Gasteiger partial charge on any atom is 0.273 e. The Morgan fingerprint density at radius 3 is 3.10 bits per heavy atom. The number of hydrogen-bond donors (Lipinski definition) is 0. The molecule has 20 heavy (non-hydrogen) atoms. The van der Waals surface area contributed by atoms with Gasteiger partial charge in [0, 0.05) is 24.2 Å². The van der Waals surface area contributed by atoms with Crippen LogP contribution in [0, 0.1) is 6.92 Å². The fraction of sp³-hybridized carbons (Fsp3) is 0.429. The molecule has 1 amide bonds. The molecule has 0 spiro atoms. The number of hydrogen-bond acceptors (Lipinski definition) is 5. The van der Waals surface area contributed by atoms with Crippen LogP contribution in [0.1, 0.15) is 32.9 Å². The van der Waals surface area contributed by atoms with Crippen LogP contribution in [-0.2, 0) is 0 Å². The van der Waals surface area contributed by atoms with E-state index in [0.29, 0.717) is 10.9 Å². The van der Waals surface area contributed by atoms with E-state index in [1.54, 1.807) is 6.26 Å². The third-order valence-corrected chi connectivity index (χ3v) is 5.39. The van der Waals surface area contributed by atoms with Gasteiger partial charge in [-0.05, 0) is 25.5 Å². The fourth-order valence-corrected chi connectivity index (χ4v) is 4.07. The van der Waals surface area contributed by atoms with Crippen LogP contribution >= 0.6 is 23.1 Å². The molecule has 3 rings (SSSR count). The summed E-state index contributed by atoms with van der Waals surface area (Å²) in [7, 11) is 0. The maximum atomic E-state index is 12.4. The van der Waals surface area contributed by atoms with Crippen LogP contribution in [0.25, 0.3) is 0 Å². The van der Waals surface area contributed by atoms with Gasteiger partial charge in [0.15, 0.2) is 0 Å². The van der Waals surface area contributed by atoms with E-state index in [-0.39, 0.29) is 5.91 Å². The van der Waals surface area contributed by atoms with Gasteiger partial charge >= 0.3 is 0 Å². The van der Waals surface area contributed by atoms with Gasteiger partial charge in [-0.1, -0.05) is 0 Å². The highest BCUT2D eigenvalue weighted by atomic mass is 32.2. The monoisotopic (exact) mass is 308 g/mol. The second kappa shape index (κ2) is 6.01. The zero-order valence-electron chi connectivity index (χ0n) is 11.2. The van der Waals surface area contributed by atoms with E-state index >= 15 is 0 Å². The molecule has 1 fully saturated rings. The van der Waals surface area contributed by atoms with Crippen molar-refractivity contribution in [3.63, 3.8) is 0 Å². The van der Waals surface area contributed by atoms with Gasteiger partial charge in [-0.2, -0.15) is 0 Å². The lowest BCUT2D eigenvalue weighted by atomic mass is 10.2. The lowest BCUT2D eigenvalue weighted by Crippen LogP contribution is -2.33. The molecular formula is C14H16N2O2S2. The molecule has 1 saturated heterocycles. The molecular weight excluding hydrogens is 292 g/mol. The van der Waals surface area contributed by atoms with Crippen molar-refractivity contribution in [3.05, 3.63) is 40.2 Å². The number of aryl methyl sites for hydroxylation is 1. The smallest absolute Gasteiger partial charge is 0.273 e. The number of nitrogens with zero attached hydrogens (tertiary/aromatic N) is 2. The number of aromatic nitrogens is 1. The number of carbonyl (C=O) groups is 1. The minimum atomic E-state index is 0.0510. The second-order valence-corrected chi connectivity index (χ2v) is 7.08. The van der Waals surface area contributed by atoms with Crippen molar-refractivity contribution in [3.8, 4) is 0 Å². The van der Waals surface area contributed by atoms with E-state index in [1.807, 2.05) is 41.1 Å². The summed E-state index contributed by atoms with van der Waals surface area (Å²) in [5.74, 6) is 1.99. The predicted octanol–water partition coefficient (Wildman–Crippen LogP) is 3.36. The molecule has 6 heteroatoms. The number of furan rings is 1. The molecule has 2 aromatic heterocycles. The molecule has 1 aliphatic heterocycles. The van der Waals surface area contributed by atoms with Gasteiger partial charge in [0.05, 0.1) is 16.5 Å². The van der Waals surface area contributed by atoms with Crippen molar-refractivity contribution >= 4 is 29.0 Å². The summed E-state index contributed by atoms with van der Waals surface area (Å²) < 4.78 is 5.48. The molecule has 0 aromatic carbocycles. The third kappa shape index (κ3) is 2.91. The van der Waals surface area contributed by atoms with Gasteiger partial charge in [-0.25, -0.2) is 4.98 Å². The Labute approximate surface area is 126 Å². The van der Waals surface area contributed by atoms with Crippen LogP contribution in [0.3, 0.4) is 0 Å². The molecule has 0 radical (unpaired) electrons. The highest BCUT2D eigenvalue weighted by Gasteiger charge is 2.25. The van der Waals surface area contributed by atoms with Gasteiger partial charge in [-0.15, -0.1) is 23.1 Å². The molecule has 0 saturated carbocycles. The van der Waals surface area contributed by atoms with Crippen LogP contribution in [0.5, 0.6) is 0 Å². The largest absolute Gasteiger partial charge is 0.468 e. The van der Waals surface area contributed by atoms with E-state index in [1.165, 1.54) is 11.3 Å². The Kier molecular flexibility index (Phi) is 4.12. The molecule has 3 heterocycles. The van der Waals surface area contributed by atoms with Gasteiger partial charge < -0.3 is 9.32 Å². The number of thiazole rings is 1. The highest BCUT2D eigenvalue weighted by Crippen LogP contribution is 2.34. The van der Waals surface area contributed by atoms with E-state index in [9.17, 15) is 4.79 Å². The van der Waals surface area contributed by atoms with Crippen LogP contribution in [0.15, 0.2) is 28.2 Å². The van der Waals surface area contributed by atoms with E-state index in [2.05, 4.69) is 4.98 Å². The van der Waals surface area contributed by atoms with Crippen molar-refractivity contribution in [1.82, 2.24) is 9.88 Å². The van der Waals surface area contributed by atoms with Gasteiger partial charge in [0.2, 0.25) is 0 Å². The lowest BCUT2D eigenvalue weighted by molar-refractivity contribution is 0.0761. The van der Waals surface area contributed by atoms with Gasteiger partial charge in [0.25, 0.3) is 5.91 Å². The predicted molar refractivity (Wildman–Crippen MR) is 81.3 cm³/mol. The molecule has 106 valence electrons. The quantitative estimate of drug-likeness (QED) is 0.853. The molecule has 0 bridgehead atoms. The fourth-order valence-electron chi connectivity index (χ4n) is 2.30. The minimum absolute atomic E-state index is 0.0510. The average Bonchev–Trinajstić information content (AvgIpc) is 3.05. The molecule has 4 nitrogen and oxygen atoms in total. The van der Waals surface area contributed by atoms with Crippen LogP contribution in [-0.4, -0.2) is 34.6 Å². The molecule has 1 atom stereocenters. The minimum Gasteiger partial charge on any atom is -0.468 e. The molecule has 0 aliphatic carbocycles. The summed E-state index contributed by atoms with van der Waals surface area (Å²) in [6.07, 6.45) is 2.63. The van der Waals surface area contributed by atoms with Crippen LogP contribution in [0.2, 0.25) is 0 Å². The highest BCUT2D eigenvalue weighted by molar-refractivity contribution is 7.99. The topological polar surface area (TPSA) is 46.3 Å². The number of carbonyl (C=O) groups excluding carboxylic acids is 1.